The van der Waals surface area contributed by atoms with E-state index in [4.69, 9.17) is 11.6 Å². The van der Waals surface area contributed by atoms with E-state index in [1.165, 1.54) is 0 Å². The van der Waals surface area contributed by atoms with Crippen molar-refractivity contribution < 1.29 is 0 Å². The highest BCUT2D eigenvalue weighted by Crippen LogP contribution is 2.32. The molecular weight excluding hydrogens is 359 g/mol. The molecule has 0 bridgehead atoms. The molecule has 2 aromatic rings. The van der Waals surface area contributed by atoms with Crippen LogP contribution >= 0.6 is 34.2 Å². The van der Waals surface area contributed by atoms with E-state index in [0.717, 1.165) is 37.4 Å². The number of anilines is 1. The molecule has 0 saturated carbocycles. The van der Waals surface area contributed by atoms with E-state index < -0.39 is 0 Å². The maximum atomic E-state index is 6.32. The summed E-state index contributed by atoms with van der Waals surface area (Å²) in [5.74, 6) is 0.391. The molecule has 0 fully saturated rings. The average molecular weight is 375 g/mol. The van der Waals surface area contributed by atoms with Crippen molar-refractivity contribution in [3.63, 3.8) is 0 Å². The van der Waals surface area contributed by atoms with Crippen LogP contribution in [-0.4, -0.2) is 11.5 Å². The Morgan fingerprint density at radius 3 is 2.67 bits per heavy atom. The lowest BCUT2D eigenvalue weighted by atomic mass is 10.1. The van der Waals surface area contributed by atoms with Crippen molar-refractivity contribution in [1.82, 2.24) is 4.98 Å². The van der Waals surface area contributed by atoms with E-state index in [-0.39, 0.29) is 0 Å². The normalized spacial score (nSPS) is 11.2. The van der Waals surface area contributed by atoms with E-state index in [1.54, 1.807) is 0 Å². The number of aromatic nitrogens is 1. The molecule has 1 heterocycles. The number of fused-ring (bicyclic) bond motifs is 1. The Labute approximate surface area is 126 Å². The van der Waals surface area contributed by atoms with E-state index >= 15 is 0 Å². The minimum atomic E-state index is 0.391. The van der Waals surface area contributed by atoms with E-state index in [0.29, 0.717) is 5.92 Å². The van der Waals surface area contributed by atoms with Crippen molar-refractivity contribution in [2.24, 2.45) is 0 Å². The molecule has 1 aromatic heterocycles. The van der Waals surface area contributed by atoms with Gasteiger partial charge in [-0.05, 0) is 53.6 Å². The molecule has 2 rings (SSSR count). The van der Waals surface area contributed by atoms with Gasteiger partial charge in [-0.3, -0.25) is 4.98 Å². The Morgan fingerprint density at radius 2 is 2.06 bits per heavy atom. The molecule has 0 atom stereocenters. The van der Waals surface area contributed by atoms with E-state index in [2.05, 4.69) is 65.8 Å². The number of hydrogen-bond donors (Lipinski definition) is 1. The number of nitrogens with one attached hydrogen (secondary N) is 1. The van der Waals surface area contributed by atoms with Crippen LogP contribution in [0.5, 0.6) is 0 Å². The molecule has 0 unspecified atom stereocenters. The fourth-order valence-electron chi connectivity index (χ4n) is 1.90. The van der Waals surface area contributed by atoms with Crippen LogP contribution in [0.15, 0.2) is 18.2 Å². The minimum Gasteiger partial charge on any atom is -0.385 e. The second-order valence-corrected chi connectivity index (χ2v) is 6.22. The fourth-order valence-corrected chi connectivity index (χ4v) is 2.97. The first-order valence-corrected chi connectivity index (χ1v) is 7.52. The molecule has 0 aliphatic rings. The standard InChI is InChI=1S/C14H16ClIN2/c1-4-17-13-7-12(8(2)3)18-14-10(13)5-9(16)6-11(14)15/h5-8H,4H2,1-3H3,(H,17,18). The zero-order valence-electron chi connectivity index (χ0n) is 10.7. The molecule has 0 amide bonds. The van der Waals surface area contributed by atoms with E-state index in [1.807, 2.05) is 6.07 Å². The third-order valence-corrected chi connectivity index (χ3v) is 3.72. The molecule has 2 nitrogen and oxygen atoms in total. The van der Waals surface area contributed by atoms with Crippen LogP contribution in [0.3, 0.4) is 0 Å². The zero-order chi connectivity index (χ0) is 13.3. The number of hydrogen-bond acceptors (Lipinski definition) is 2. The van der Waals surface area contributed by atoms with Crippen molar-refractivity contribution in [1.29, 1.82) is 0 Å². The summed E-state index contributed by atoms with van der Waals surface area (Å²) in [4.78, 5) is 4.68. The molecule has 0 aliphatic heterocycles. The highest BCUT2D eigenvalue weighted by atomic mass is 127. The van der Waals surface area contributed by atoms with Gasteiger partial charge in [-0.25, -0.2) is 0 Å². The molecule has 0 spiro atoms. The van der Waals surface area contributed by atoms with Crippen LogP contribution in [-0.2, 0) is 0 Å². The van der Waals surface area contributed by atoms with Gasteiger partial charge in [-0.1, -0.05) is 25.4 Å². The third kappa shape index (κ3) is 2.72. The van der Waals surface area contributed by atoms with Gasteiger partial charge in [0.15, 0.2) is 0 Å². The number of nitrogens with zero attached hydrogens (tertiary/aromatic N) is 1. The van der Waals surface area contributed by atoms with Crippen molar-refractivity contribution >= 4 is 50.8 Å². The highest BCUT2D eigenvalue weighted by Gasteiger charge is 2.11. The van der Waals surface area contributed by atoms with Crippen LogP contribution < -0.4 is 5.32 Å². The third-order valence-electron chi connectivity index (χ3n) is 2.81. The van der Waals surface area contributed by atoms with Gasteiger partial charge in [-0.15, -0.1) is 0 Å². The van der Waals surface area contributed by atoms with Gasteiger partial charge < -0.3 is 5.32 Å². The molecule has 1 aromatic carbocycles. The van der Waals surface area contributed by atoms with Crippen molar-refractivity contribution in [3.05, 3.63) is 32.5 Å². The summed E-state index contributed by atoms with van der Waals surface area (Å²) in [5.41, 5.74) is 3.08. The maximum Gasteiger partial charge on any atom is 0.0913 e. The van der Waals surface area contributed by atoms with Crippen molar-refractivity contribution in [2.45, 2.75) is 26.7 Å². The maximum absolute atomic E-state index is 6.32. The predicted octanol–water partition coefficient (Wildman–Crippen LogP) is 5.05. The summed E-state index contributed by atoms with van der Waals surface area (Å²) in [6.45, 7) is 7.27. The van der Waals surface area contributed by atoms with Gasteiger partial charge in [-0.2, -0.15) is 0 Å². The summed E-state index contributed by atoms with van der Waals surface area (Å²) in [5, 5.41) is 5.21. The average Bonchev–Trinajstić information content (AvgIpc) is 2.29. The van der Waals surface area contributed by atoms with Gasteiger partial charge in [0.25, 0.3) is 0 Å². The van der Waals surface area contributed by atoms with Crippen LogP contribution in [0.25, 0.3) is 10.9 Å². The SMILES string of the molecule is CCNc1cc(C(C)C)nc2c(Cl)cc(I)cc12. The summed E-state index contributed by atoms with van der Waals surface area (Å²) < 4.78 is 1.13. The molecule has 96 valence electrons. The Hall–Kier alpha value is -0.550. The molecule has 4 heteroatoms. The fraction of sp³-hybridized carbons (Fsp3) is 0.357. The Morgan fingerprint density at radius 1 is 1.33 bits per heavy atom. The lowest BCUT2D eigenvalue weighted by Gasteiger charge is -2.13. The number of benzene rings is 1. The number of halogens is 2. The van der Waals surface area contributed by atoms with Gasteiger partial charge in [0.05, 0.1) is 10.5 Å². The highest BCUT2D eigenvalue weighted by molar-refractivity contribution is 14.1. The monoisotopic (exact) mass is 374 g/mol. The predicted molar refractivity (Wildman–Crippen MR) is 87.7 cm³/mol. The first-order chi connectivity index (χ1) is 8.52. The minimum absolute atomic E-state index is 0.391. The van der Waals surface area contributed by atoms with Gasteiger partial charge >= 0.3 is 0 Å². The number of rotatable bonds is 3. The van der Waals surface area contributed by atoms with Crippen LogP contribution in [0, 0.1) is 3.57 Å². The van der Waals surface area contributed by atoms with E-state index in [9.17, 15) is 0 Å². The summed E-state index contributed by atoms with van der Waals surface area (Å²) in [6.07, 6.45) is 0. The van der Waals surface area contributed by atoms with Crippen LogP contribution in [0.2, 0.25) is 5.02 Å². The summed E-state index contributed by atoms with van der Waals surface area (Å²) in [6, 6.07) is 6.21. The van der Waals surface area contributed by atoms with Gasteiger partial charge in [0.2, 0.25) is 0 Å². The summed E-state index contributed by atoms with van der Waals surface area (Å²) >= 11 is 8.60. The first kappa shape index (κ1) is 13.9. The topological polar surface area (TPSA) is 24.9 Å². The first-order valence-electron chi connectivity index (χ1n) is 6.06. The molecule has 1 N–H and O–H groups in total. The van der Waals surface area contributed by atoms with Crippen LogP contribution in [0.4, 0.5) is 5.69 Å². The lowest BCUT2D eigenvalue weighted by Crippen LogP contribution is -2.02. The van der Waals surface area contributed by atoms with Crippen LogP contribution in [0.1, 0.15) is 32.4 Å². The Balaban J connectivity index is 2.76. The smallest absolute Gasteiger partial charge is 0.0913 e. The molecule has 0 radical (unpaired) electrons. The second-order valence-electron chi connectivity index (χ2n) is 4.56. The van der Waals surface area contributed by atoms with Gasteiger partial charge in [0.1, 0.15) is 0 Å². The zero-order valence-corrected chi connectivity index (χ0v) is 13.6. The number of pyridine rings is 1. The van der Waals surface area contributed by atoms with Crippen molar-refractivity contribution in [2.75, 3.05) is 11.9 Å². The van der Waals surface area contributed by atoms with Crippen molar-refractivity contribution in [3.8, 4) is 0 Å². The second kappa shape index (κ2) is 5.61. The largest absolute Gasteiger partial charge is 0.385 e. The Bertz CT molecular complexity index is 582. The molecule has 0 saturated heterocycles. The molecule has 0 aliphatic carbocycles. The van der Waals surface area contributed by atoms with Gasteiger partial charge in [0, 0.05) is 26.9 Å². The lowest BCUT2D eigenvalue weighted by molar-refractivity contribution is 0.830. The summed E-state index contributed by atoms with van der Waals surface area (Å²) in [7, 11) is 0. The Kier molecular flexibility index (Phi) is 4.33. The molecule has 18 heavy (non-hydrogen) atoms. The molecular formula is C14H16ClIN2. The quantitative estimate of drug-likeness (QED) is 0.761.